The van der Waals surface area contributed by atoms with Crippen LogP contribution in [0.5, 0.6) is 5.75 Å². The van der Waals surface area contributed by atoms with E-state index in [0.29, 0.717) is 22.9 Å². The molecule has 1 aromatic rings. The molecule has 0 fully saturated rings. The van der Waals surface area contributed by atoms with Crippen LogP contribution < -0.4 is 9.46 Å². The van der Waals surface area contributed by atoms with Gasteiger partial charge in [0.25, 0.3) is 12.0 Å². The zero-order valence-electron chi connectivity index (χ0n) is 15.4. The van der Waals surface area contributed by atoms with Gasteiger partial charge in [-0.3, -0.25) is 9.35 Å². The molecular weight excluding hydrogens is 657 g/mol. The summed E-state index contributed by atoms with van der Waals surface area (Å²) in [6.07, 6.45) is -10.7. The molecule has 0 aliphatic carbocycles. The number of rotatable bonds is 8. The van der Waals surface area contributed by atoms with Gasteiger partial charge in [0.1, 0.15) is 5.75 Å². The summed E-state index contributed by atoms with van der Waals surface area (Å²) in [5.41, 5.74) is -6.69. The molecule has 1 atom stereocenters. The molecule has 0 heterocycles. The van der Waals surface area contributed by atoms with Crippen molar-refractivity contribution in [1.29, 1.82) is 0 Å². The molecule has 1 aromatic carbocycles. The van der Waals surface area contributed by atoms with Gasteiger partial charge in [0.15, 0.2) is 6.61 Å². The summed E-state index contributed by atoms with van der Waals surface area (Å²) >= 11 is 1.32. The van der Waals surface area contributed by atoms with Gasteiger partial charge in [0, 0.05) is 0 Å². The van der Waals surface area contributed by atoms with Crippen molar-refractivity contribution in [2.24, 2.45) is 0 Å². The minimum absolute atomic E-state index is 0.261. The Kier molecular flexibility index (Phi) is 8.76. The van der Waals surface area contributed by atoms with Crippen molar-refractivity contribution in [3.05, 3.63) is 27.3 Å². The Morgan fingerprint density at radius 3 is 1.97 bits per heavy atom. The lowest BCUT2D eigenvalue weighted by Gasteiger charge is -2.26. The van der Waals surface area contributed by atoms with Gasteiger partial charge < -0.3 is 9.47 Å². The van der Waals surface area contributed by atoms with Crippen LogP contribution in [-0.2, 0) is 29.7 Å². The average Bonchev–Trinajstić information content (AvgIpc) is 2.61. The topological polar surface area (TPSA) is 153 Å². The van der Waals surface area contributed by atoms with Crippen LogP contribution in [0.15, 0.2) is 18.2 Å². The largest absolute Gasteiger partial charge is 0.516 e. The normalized spacial score (nSPS) is 14.3. The van der Waals surface area contributed by atoms with Gasteiger partial charge in [-0.15, -0.1) is 0 Å². The van der Waals surface area contributed by atoms with E-state index < -0.39 is 73.0 Å². The van der Waals surface area contributed by atoms with Crippen LogP contribution in [0.4, 0.5) is 35.1 Å². The molecule has 0 bridgehead atoms. The van der Waals surface area contributed by atoms with E-state index in [4.69, 9.17) is 9.29 Å². The van der Waals surface area contributed by atoms with Crippen molar-refractivity contribution in [2.45, 2.75) is 23.0 Å². The second-order valence-corrected chi connectivity index (χ2v) is 10.1. The molecule has 194 valence electrons. The SMILES string of the molecule is O=C(COc1ccc(C(=O)OC(C(F)(F)F)C(F)(F)S(=O)(=O)O)cc1I)NS(=O)(=O)C(F)(F)F. The van der Waals surface area contributed by atoms with E-state index in [1.54, 1.807) is 0 Å². The highest BCUT2D eigenvalue weighted by Crippen LogP contribution is 2.38. The third-order valence-electron chi connectivity index (χ3n) is 3.25. The molecule has 1 rings (SSSR count). The predicted octanol–water partition coefficient (Wildman–Crippen LogP) is 2.20. The van der Waals surface area contributed by atoms with Gasteiger partial charge >= 0.3 is 43.0 Å². The molecule has 0 spiro atoms. The Hall–Kier alpha value is -2.01. The number of benzene rings is 1. The van der Waals surface area contributed by atoms with Gasteiger partial charge in [-0.2, -0.15) is 52.0 Å². The summed E-state index contributed by atoms with van der Waals surface area (Å²) in [7, 11) is -12.7. The van der Waals surface area contributed by atoms with E-state index in [1.807, 2.05) is 0 Å². The number of alkyl halides is 8. The highest BCUT2D eigenvalue weighted by Gasteiger charge is 2.66. The summed E-state index contributed by atoms with van der Waals surface area (Å²) < 4.78 is 162. The molecule has 34 heavy (non-hydrogen) atoms. The smallest absolute Gasteiger partial charge is 0.483 e. The Morgan fingerprint density at radius 2 is 1.56 bits per heavy atom. The second-order valence-electron chi connectivity index (χ2n) is 5.77. The number of ether oxygens (including phenoxy) is 2. The summed E-state index contributed by atoms with van der Waals surface area (Å²) in [4.78, 5) is 23.2. The van der Waals surface area contributed by atoms with Crippen molar-refractivity contribution < 1.29 is 75.6 Å². The van der Waals surface area contributed by atoms with Crippen LogP contribution in [0, 0.1) is 3.57 Å². The fourth-order valence-corrected chi connectivity index (χ4v) is 3.36. The van der Waals surface area contributed by atoms with Crippen molar-refractivity contribution in [2.75, 3.05) is 6.61 Å². The molecule has 0 saturated heterocycles. The van der Waals surface area contributed by atoms with Crippen molar-refractivity contribution in [3.8, 4) is 5.75 Å². The number of hydrogen-bond acceptors (Lipinski definition) is 8. The minimum Gasteiger partial charge on any atom is -0.483 e. The zero-order valence-corrected chi connectivity index (χ0v) is 19.2. The molecule has 2 N–H and O–H groups in total. The molecule has 1 amide bonds. The predicted molar refractivity (Wildman–Crippen MR) is 99.5 cm³/mol. The van der Waals surface area contributed by atoms with Crippen LogP contribution in [0.1, 0.15) is 10.4 Å². The standard InChI is InChI=1S/C13H8F8INO9S2/c14-11(15,16)10(12(17,18)34(28,29)30)32-9(25)5-1-2-7(6(22)3-5)31-4-8(24)23-33(26,27)13(19,20)21/h1-3,10H,4H2,(H,23,24)(H,28,29,30). The third kappa shape index (κ3) is 7.24. The zero-order chi connectivity index (χ0) is 26.9. The molecule has 0 aromatic heterocycles. The summed E-state index contributed by atoms with van der Waals surface area (Å²) in [5.74, 6) is -4.34. The van der Waals surface area contributed by atoms with Crippen LogP contribution in [-0.4, -0.2) is 62.9 Å². The Morgan fingerprint density at radius 1 is 1.03 bits per heavy atom. The maximum atomic E-state index is 13.5. The lowest BCUT2D eigenvalue weighted by molar-refractivity contribution is -0.248. The van der Waals surface area contributed by atoms with Crippen LogP contribution >= 0.6 is 22.6 Å². The quantitative estimate of drug-likeness (QED) is 0.184. The lowest BCUT2D eigenvalue weighted by atomic mass is 10.2. The number of carbonyl (C=O) groups excluding carboxylic acids is 2. The number of carbonyl (C=O) groups is 2. The number of sulfonamides is 1. The summed E-state index contributed by atoms with van der Waals surface area (Å²) in [6, 6.07) is 1.91. The fourth-order valence-electron chi connectivity index (χ4n) is 1.76. The van der Waals surface area contributed by atoms with Gasteiger partial charge in [-0.1, -0.05) is 0 Å². The van der Waals surface area contributed by atoms with Gasteiger partial charge in [0.05, 0.1) is 9.13 Å². The van der Waals surface area contributed by atoms with Crippen LogP contribution in [0.3, 0.4) is 0 Å². The summed E-state index contributed by atoms with van der Waals surface area (Å²) in [5, 5.41) is -5.97. The molecule has 0 radical (unpaired) electrons. The maximum Gasteiger partial charge on any atom is 0.516 e. The van der Waals surface area contributed by atoms with Crippen molar-refractivity contribution in [1.82, 2.24) is 4.72 Å². The lowest BCUT2D eigenvalue weighted by Crippen LogP contribution is -2.52. The number of amides is 1. The molecular formula is C13H8F8INO9S2. The first kappa shape index (κ1) is 30.0. The van der Waals surface area contributed by atoms with Crippen molar-refractivity contribution in [3.63, 3.8) is 0 Å². The van der Waals surface area contributed by atoms with Crippen LogP contribution in [0.25, 0.3) is 0 Å². The Bertz CT molecular complexity index is 1170. The highest BCUT2D eigenvalue weighted by molar-refractivity contribution is 14.1. The van der Waals surface area contributed by atoms with Gasteiger partial charge in [-0.05, 0) is 40.8 Å². The minimum atomic E-state index is -6.67. The van der Waals surface area contributed by atoms with E-state index in [2.05, 4.69) is 4.74 Å². The summed E-state index contributed by atoms with van der Waals surface area (Å²) in [6.45, 7) is -1.31. The van der Waals surface area contributed by atoms with E-state index in [9.17, 15) is 61.5 Å². The first-order valence-corrected chi connectivity index (χ1v) is 11.7. The van der Waals surface area contributed by atoms with E-state index in [-0.39, 0.29) is 3.57 Å². The highest BCUT2D eigenvalue weighted by atomic mass is 127. The van der Waals surface area contributed by atoms with Crippen LogP contribution in [0.2, 0.25) is 0 Å². The number of halogens is 9. The molecule has 21 heteroatoms. The molecule has 0 saturated carbocycles. The number of hydrogen-bond donors (Lipinski definition) is 2. The van der Waals surface area contributed by atoms with Gasteiger partial charge in [0.2, 0.25) is 0 Å². The third-order valence-corrected chi connectivity index (χ3v) is 6.10. The van der Waals surface area contributed by atoms with E-state index in [0.717, 1.165) is 0 Å². The Balaban J connectivity index is 3.02. The van der Waals surface area contributed by atoms with Gasteiger partial charge in [-0.25, -0.2) is 9.52 Å². The van der Waals surface area contributed by atoms with E-state index in [1.165, 1.54) is 22.6 Å². The number of nitrogens with one attached hydrogen (secondary N) is 1. The van der Waals surface area contributed by atoms with E-state index >= 15 is 0 Å². The average molecular weight is 665 g/mol. The Labute approximate surface area is 197 Å². The number of esters is 1. The first-order valence-electron chi connectivity index (χ1n) is 7.67. The fraction of sp³-hybridized carbons (Fsp3) is 0.385. The maximum absolute atomic E-state index is 13.5. The first-order chi connectivity index (χ1) is 15.0. The molecule has 0 aliphatic heterocycles. The molecule has 10 nitrogen and oxygen atoms in total. The molecule has 1 unspecified atom stereocenters. The monoisotopic (exact) mass is 665 g/mol. The second kappa shape index (κ2) is 9.93. The van der Waals surface area contributed by atoms with Crippen molar-refractivity contribution >= 4 is 54.6 Å². The molecule has 0 aliphatic rings.